The van der Waals surface area contributed by atoms with Crippen LogP contribution in [-0.4, -0.2) is 32.7 Å². The molecule has 1 fully saturated rings. The third-order valence-corrected chi connectivity index (χ3v) is 2.95. The van der Waals surface area contributed by atoms with Crippen LogP contribution >= 0.6 is 0 Å². The minimum Gasteiger partial charge on any atom is -0.388 e. The van der Waals surface area contributed by atoms with E-state index in [1.54, 1.807) is 13.1 Å². The molecule has 4 heteroatoms. The Morgan fingerprint density at radius 2 is 2.31 bits per heavy atom. The lowest BCUT2D eigenvalue weighted by Crippen LogP contribution is -2.49. The molecule has 0 amide bonds. The van der Waals surface area contributed by atoms with Crippen LogP contribution in [0.25, 0.3) is 0 Å². The topological polar surface area (TPSA) is 27.3 Å². The van der Waals surface area contributed by atoms with E-state index < -0.39 is 0 Å². The molecule has 0 aromatic heterocycles. The fraction of sp³-hybridized carbons (Fsp3) is 0.500. The van der Waals surface area contributed by atoms with E-state index in [4.69, 9.17) is 0 Å². The van der Waals surface area contributed by atoms with Crippen molar-refractivity contribution in [2.24, 2.45) is 0 Å². The Hall–Kier alpha value is -1.29. The molecule has 88 valence electrons. The van der Waals surface area contributed by atoms with Crippen LogP contribution in [0.1, 0.15) is 6.92 Å². The number of hydrogen-bond acceptors (Lipinski definition) is 3. The second-order valence-corrected chi connectivity index (χ2v) is 4.22. The lowest BCUT2D eigenvalue weighted by atomic mass is 10.2. The summed E-state index contributed by atoms with van der Waals surface area (Å²) in [7, 11) is 1.79. The number of rotatable bonds is 2. The maximum absolute atomic E-state index is 13.8. The molecule has 1 saturated heterocycles. The third-order valence-electron chi connectivity index (χ3n) is 2.95. The molecule has 16 heavy (non-hydrogen) atoms. The van der Waals surface area contributed by atoms with E-state index in [0.717, 1.165) is 25.3 Å². The van der Waals surface area contributed by atoms with Crippen LogP contribution in [0.5, 0.6) is 0 Å². The quantitative estimate of drug-likeness (QED) is 0.798. The maximum Gasteiger partial charge on any atom is 0.148 e. The van der Waals surface area contributed by atoms with Crippen molar-refractivity contribution in [2.75, 3.05) is 36.9 Å². The summed E-state index contributed by atoms with van der Waals surface area (Å²) >= 11 is 0. The molecular weight excluding hydrogens is 205 g/mol. The number of halogens is 1. The van der Waals surface area contributed by atoms with Crippen LogP contribution in [0.15, 0.2) is 18.2 Å². The molecule has 2 N–H and O–H groups in total. The summed E-state index contributed by atoms with van der Waals surface area (Å²) < 4.78 is 13.8. The molecule has 1 aromatic rings. The first-order chi connectivity index (χ1) is 7.70. The minimum atomic E-state index is -0.152. The number of benzene rings is 1. The molecule has 0 saturated carbocycles. The second kappa shape index (κ2) is 4.70. The minimum absolute atomic E-state index is 0.152. The summed E-state index contributed by atoms with van der Waals surface area (Å²) in [5.74, 6) is -0.152. The summed E-state index contributed by atoms with van der Waals surface area (Å²) in [5, 5.41) is 6.28. The van der Waals surface area contributed by atoms with Gasteiger partial charge in [0.15, 0.2) is 0 Å². The Labute approximate surface area is 95.6 Å². The van der Waals surface area contributed by atoms with Crippen molar-refractivity contribution >= 4 is 11.4 Å². The number of anilines is 2. The van der Waals surface area contributed by atoms with Crippen molar-refractivity contribution in [1.29, 1.82) is 0 Å². The number of nitrogens with zero attached hydrogens (tertiary/aromatic N) is 1. The van der Waals surface area contributed by atoms with Gasteiger partial charge in [0.05, 0.1) is 5.69 Å². The van der Waals surface area contributed by atoms with Gasteiger partial charge in [0, 0.05) is 38.4 Å². The van der Waals surface area contributed by atoms with Gasteiger partial charge in [-0.2, -0.15) is 0 Å². The van der Waals surface area contributed by atoms with Crippen molar-refractivity contribution < 1.29 is 4.39 Å². The average Bonchev–Trinajstić information content (AvgIpc) is 2.28. The lowest BCUT2D eigenvalue weighted by Gasteiger charge is -2.33. The van der Waals surface area contributed by atoms with Crippen LogP contribution in [0.2, 0.25) is 0 Å². The molecule has 2 rings (SSSR count). The van der Waals surface area contributed by atoms with Crippen molar-refractivity contribution in [3.05, 3.63) is 24.0 Å². The molecule has 0 bridgehead atoms. The molecular formula is C12H18FN3. The lowest BCUT2D eigenvalue weighted by molar-refractivity contribution is 0.478. The number of nitrogens with one attached hydrogen (secondary N) is 2. The summed E-state index contributed by atoms with van der Waals surface area (Å²) in [6.45, 7) is 4.75. The third kappa shape index (κ3) is 2.27. The summed E-state index contributed by atoms with van der Waals surface area (Å²) in [6, 6.07) is 5.71. The molecule has 1 atom stereocenters. The first-order valence-electron chi connectivity index (χ1n) is 5.66. The Balaban J connectivity index is 2.19. The zero-order valence-corrected chi connectivity index (χ0v) is 9.76. The number of hydrogen-bond donors (Lipinski definition) is 2. The van der Waals surface area contributed by atoms with Crippen LogP contribution in [0, 0.1) is 5.82 Å². The van der Waals surface area contributed by atoms with Crippen molar-refractivity contribution in [2.45, 2.75) is 13.0 Å². The predicted molar refractivity (Wildman–Crippen MR) is 65.6 cm³/mol. The Morgan fingerprint density at radius 1 is 1.50 bits per heavy atom. The standard InChI is InChI=1S/C12H18FN3/c1-9-8-16(6-5-15-9)12-4-3-10(14-2)7-11(12)13/h3-4,7,9,14-15H,5-6,8H2,1-2H3. The highest BCUT2D eigenvalue weighted by Gasteiger charge is 2.18. The fourth-order valence-corrected chi connectivity index (χ4v) is 2.07. The van der Waals surface area contributed by atoms with Gasteiger partial charge in [-0.1, -0.05) is 0 Å². The van der Waals surface area contributed by atoms with Crippen LogP contribution in [0.3, 0.4) is 0 Å². The molecule has 1 unspecified atom stereocenters. The monoisotopic (exact) mass is 223 g/mol. The van der Waals surface area contributed by atoms with Gasteiger partial charge in [0.2, 0.25) is 0 Å². The fourth-order valence-electron chi connectivity index (χ4n) is 2.07. The van der Waals surface area contributed by atoms with E-state index in [-0.39, 0.29) is 5.82 Å². The van der Waals surface area contributed by atoms with E-state index in [1.807, 2.05) is 12.1 Å². The molecule has 1 aliphatic heterocycles. The largest absolute Gasteiger partial charge is 0.388 e. The summed E-state index contributed by atoms with van der Waals surface area (Å²) in [4.78, 5) is 2.09. The van der Waals surface area contributed by atoms with Gasteiger partial charge in [0.1, 0.15) is 5.82 Å². The highest BCUT2D eigenvalue weighted by Crippen LogP contribution is 2.23. The van der Waals surface area contributed by atoms with Crippen LogP contribution < -0.4 is 15.5 Å². The van der Waals surface area contributed by atoms with Gasteiger partial charge in [-0.25, -0.2) is 4.39 Å². The Bertz CT molecular complexity index is 367. The van der Waals surface area contributed by atoms with Gasteiger partial charge < -0.3 is 15.5 Å². The van der Waals surface area contributed by atoms with E-state index in [1.165, 1.54) is 0 Å². The number of piperazine rings is 1. The molecule has 0 aliphatic carbocycles. The van der Waals surface area contributed by atoms with E-state index in [9.17, 15) is 4.39 Å². The molecule has 1 aromatic carbocycles. The normalized spacial score (nSPS) is 20.9. The van der Waals surface area contributed by atoms with Gasteiger partial charge in [0.25, 0.3) is 0 Å². The first kappa shape index (κ1) is 11.2. The molecule has 1 heterocycles. The van der Waals surface area contributed by atoms with Crippen LogP contribution in [-0.2, 0) is 0 Å². The molecule has 1 aliphatic rings. The van der Waals surface area contributed by atoms with Crippen LogP contribution in [0.4, 0.5) is 15.8 Å². The summed E-state index contributed by atoms with van der Waals surface area (Å²) in [5.41, 5.74) is 1.51. The SMILES string of the molecule is CNc1ccc(N2CCNC(C)C2)c(F)c1. The predicted octanol–water partition coefficient (Wildman–Crippen LogP) is 1.67. The van der Waals surface area contributed by atoms with Crippen molar-refractivity contribution in [1.82, 2.24) is 5.32 Å². The summed E-state index contributed by atoms with van der Waals surface area (Å²) in [6.07, 6.45) is 0. The van der Waals surface area contributed by atoms with E-state index in [0.29, 0.717) is 11.7 Å². The highest BCUT2D eigenvalue weighted by atomic mass is 19.1. The van der Waals surface area contributed by atoms with E-state index >= 15 is 0 Å². The van der Waals surface area contributed by atoms with Gasteiger partial charge in [-0.15, -0.1) is 0 Å². The molecule has 3 nitrogen and oxygen atoms in total. The molecule has 0 spiro atoms. The van der Waals surface area contributed by atoms with Gasteiger partial charge >= 0.3 is 0 Å². The maximum atomic E-state index is 13.8. The second-order valence-electron chi connectivity index (χ2n) is 4.22. The Kier molecular flexibility index (Phi) is 3.29. The van der Waals surface area contributed by atoms with E-state index in [2.05, 4.69) is 22.5 Å². The van der Waals surface area contributed by atoms with Gasteiger partial charge in [-0.3, -0.25) is 0 Å². The van der Waals surface area contributed by atoms with Crippen molar-refractivity contribution in [3.63, 3.8) is 0 Å². The molecule has 0 radical (unpaired) electrons. The smallest absolute Gasteiger partial charge is 0.148 e. The zero-order chi connectivity index (χ0) is 11.5. The first-order valence-corrected chi connectivity index (χ1v) is 5.66. The highest BCUT2D eigenvalue weighted by molar-refractivity contribution is 5.56. The average molecular weight is 223 g/mol. The van der Waals surface area contributed by atoms with Gasteiger partial charge in [-0.05, 0) is 25.1 Å². The zero-order valence-electron chi connectivity index (χ0n) is 9.76. The Morgan fingerprint density at radius 3 is 2.94 bits per heavy atom. The van der Waals surface area contributed by atoms with Crippen molar-refractivity contribution in [3.8, 4) is 0 Å².